The lowest BCUT2D eigenvalue weighted by atomic mass is 10.1. The van der Waals surface area contributed by atoms with E-state index in [1.165, 1.54) is 0 Å². The first-order valence-corrected chi connectivity index (χ1v) is 12.4. The highest BCUT2D eigenvalue weighted by Gasteiger charge is 2.29. The van der Waals surface area contributed by atoms with Gasteiger partial charge in [0.05, 0.1) is 12.9 Å². The van der Waals surface area contributed by atoms with E-state index in [-0.39, 0.29) is 17.9 Å². The van der Waals surface area contributed by atoms with Gasteiger partial charge < -0.3 is 15.0 Å². The van der Waals surface area contributed by atoms with Crippen LogP contribution in [0, 0.1) is 6.92 Å². The van der Waals surface area contributed by atoms with Crippen molar-refractivity contribution in [3.63, 3.8) is 0 Å². The van der Waals surface area contributed by atoms with E-state index in [0.717, 1.165) is 34.6 Å². The van der Waals surface area contributed by atoms with Crippen LogP contribution in [0.25, 0.3) is 0 Å². The van der Waals surface area contributed by atoms with Gasteiger partial charge in [0.1, 0.15) is 11.8 Å². The molecule has 0 fully saturated rings. The van der Waals surface area contributed by atoms with Crippen LogP contribution >= 0.6 is 11.8 Å². The van der Waals surface area contributed by atoms with Gasteiger partial charge >= 0.3 is 0 Å². The minimum Gasteiger partial charge on any atom is -0.497 e. The van der Waals surface area contributed by atoms with Gasteiger partial charge in [0.15, 0.2) is 0 Å². The lowest BCUT2D eigenvalue weighted by Crippen LogP contribution is -2.51. The van der Waals surface area contributed by atoms with E-state index in [1.54, 1.807) is 23.8 Å². The van der Waals surface area contributed by atoms with E-state index in [0.29, 0.717) is 18.7 Å². The lowest BCUT2D eigenvalue weighted by molar-refractivity contribution is -0.139. The molecular weight excluding hydrogens is 420 g/mol. The van der Waals surface area contributed by atoms with Gasteiger partial charge in [-0.3, -0.25) is 9.59 Å². The molecule has 174 valence electrons. The Morgan fingerprint density at radius 2 is 1.78 bits per heavy atom. The maximum Gasteiger partial charge on any atom is 0.243 e. The van der Waals surface area contributed by atoms with Crippen LogP contribution in [0.1, 0.15) is 50.3 Å². The minimum atomic E-state index is -0.487. The molecule has 0 aliphatic heterocycles. The SMILES string of the molecule is CCC(C)NC(=O)C(CC)N(Cc1cccc(C)c1)C(=O)CSCc1ccc(OC)cc1. The molecule has 0 aromatic heterocycles. The number of nitrogens with zero attached hydrogens (tertiary/aromatic N) is 1. The lowest BCUT2D eigenvalue weighted by Gasteiger charge is -2.31. The zero-order valence-corrected chi connectivity index (χ0v) is 20.7. The Hall–Kier alpha value is -2.47. The van der Waals surface area contributed by atoms with Crippen molar-refractivity contribution in [2.24, 2.45) is 0 Å². The number of amides is 2. The normalized spacial score (nSPS) is 12.7. The van der Waals surface area contributed by atoms with Crippen LogP contribution in [0.15, 0.2) is 48.5 Å². The van der Waals surface area contributed by atoms with Gasteiger partial charge in [0, 0.05) is 18.3 Å². The molecule has 2 aromatic rings. The summed E-state index contributed by atoms with van der Waals surface area (Å²) in [6, 6.07) is 15.6. The van der Waals surface area contributed by atoms with Crippen molar-refractivity contribution in [2.75, 3.05) is 12.9 Å². The summed E-state index contributed by atoms with van der Waals surface area (Å²) in [6.45, 7) is 8.45. The molecule has 0 spiro atoms. The Morgan fingerprint density at radius 3 is 2.38 bits per heavy atom. The summed E-state index contributed by atoms with van der Waals surface area (Å²) in [6.07, 6.45) is 1.43. The fourth-order valence-corrected chi connectivity index (χ4v) is 4.30. The number of ether oxygens (including phenoxy) is 1. The van der Waals surface area contributed by atoms with E-state index in [2.05, 4.69) is 11.4 Å². The highest BCUT2D eigenvalue weighted by molar-refractivity contribution is 7.99. The Kier molecular flexibility index (Phi) is 10.6. The fraction of sp³-hybridized carbons (Fsp3) is 0.462. The fourth-order valence-electron chi connectivity index (χ4n) is 3.43. The van der Waals surface area contributed by atoms with E-state index in [9.17, 15) is 9.59 Å². The number of aryl methyl sites for hydroxylation is 1. The van der Waals surface area contributed by atoms with Crippen molar-refractivity contribution < 1.29 is 14.3 Å². The molecule has 0 aliphatic rings. The van der Waals surface area contributed by atoms with Crippen LogP contribution in [0.5, 0.6) is 5.75 Å². The smallest absolute Gasteiger partial charge is 0.243 e. The molecule has 0 radical (unpaired) electrons. The molecule has 5 nitrogen and oxygen atoms in total. The van der Waals surface area contributed by atoms with E-state index in [1.807, 2.05) is 70.2 Å². The number of nitrogens with one attached hydrogen (secondary N) is 1. The molecule has 2 rings (SSSR count). The Labute approximate surface area is 196 Å². The van der Waals surface area contributed by atoms with Gasteiger partial charge in [-0.2, -0.15) is 0 Å². The summed E-state index contributed by atoms with van der Waals surface area (Å²) >= 11 is 1.56. The van der Waals surface area contributed by atoms with Crippen molar-refractivity contribution in [1.29, 1.82) is 0 Å². The first kappa shape index (κ1) is 25.8. The van der Waals surface area contributed by atoms with Gasteiger partial charge in [-0.05, 0) is 49.9 Å². The maximum atomic E-state index is 13.3. The monoisotopic (exact) mass is 456 g/mol. The second kappa shape index (κ2) is 13.2. The number of thioether (sulfide) groups is 1. The van der Waals surface area contributed by atoms with Crippen molar-refractivity contribution in [3.8, 4) is 5.75 Å². The molecule has 0 saturated heterocycles. The summed E-state index contributed by atoms with van der Waals surface area (Å²) < 4.78 is 5.20. The third-order valence-electron chi connectivity index (χ3n) is 5.48. The summed E-state index contributed by atoms with van der Waals surface area (Å²) in [5.74, 6) is 1.77. The van der Waals surface area contributed by atoms with Crippen molar-refractivity contribution in [2.45, 2.75) is 64.9 Å². The Balaban J connectivity index is 2.11. The molecule has 0 bridgehead atoms. The van der Waals surface area contributed by atoms with Crippen LogP contribution in [0.2, 0.25) is 0 Å². The van der Waals surface area contributed by atoms with Crippen LogP contribution in [-0.2, 0) is 21.9 Å². The first-order valence-electron chi connectivity index (χ1n) is 11.2. The summed E-state index contributed by atoms with van der Waals surface area (Å²) in [7, 11) is 1.65. The van der Waals surface area contributed by atoms with Gasteiger partial charge in [0.2, 0.25) is 11.8 Å². The number of carbonyl (C=O) groups is 2. The number of hydrogen-bond acceptors (Lipinski definition) is 4. The van der Waals surface area contributed by atoms with E-state index in [4.69, 9.17) is 4.74 Å². The molecule has 2 atom stereocenters. The van der Waals surface area contributed by atoms with E-state index < -0.39 is 6.04 Å². The number of hydrogen-bond donors (Lipinski definition) is 1. The summed E-state index contributed by atoms with van der Waals surface area (Å²) in [5, 5.41) is 3.05. The average molecular weight is 457 g/mol. The van der Waals surface area contributed by atoms with Crippen LogP contribution in [-0.4, -0.2) is 41.7 Å². The molecule has 2 unspecified atom stereocenters. The zero-order chi connectivity index (χ0) is 23.5. The largest absolute Gasteiger partial charge is 0.497 e. The number of carbonyl (C=O) groups excluding carboxylic acids is 2. The van der Waals surface area contributed by atoms with Crippen LogP contribution in [0.4, 0.5) is 0 Å². The highest BCUT2D eigenvalue weighted by Crippen LogP contribution is 2.19. The molecule has 2 aromatic carbocycles. The van der Waals surface area contributed by atoms with Crippen molar-refractivity contribution >= 4 is 23.6 Å². The molecular formula is C26H36N2O3S. The molecule has 0 aliphatic carbocycles. The second-order valence-corrected chi connectivity index (χ2v) is 9.08. The standard InChI is InChI=1S/C26H36N2O3S/c1-6-20(4)27-26(30)24(7-2)28(16-22-10-8-9-19(3)15-22)25(29)18-32-17-21-11-13-23(31-5)14-12-21/h8-15,20,24H,6-7,16-18H2,1-5H3,(H,27,30). The number of methoxy groups -OCH3 is 1. The Bertz CT molecular complexity index is 870. The predicted octanol–water partition coefficient (Wildman–Crippen LogP) is 4.96. The molecule has 0 saturated carbocycles. The van der Waals surface area contributed by atoms with Crippen LogP contribution < -0.4 is 10.1 Å². The first-order chi connectivity index (χ1) is 15.4. The third-order valence-corrected chi connectivity index (χ3v) is 6.46. The highest BCUT2D eigenvalue weighted by atomic mass is 32.2. The summed E-state index contributed by atoms with van der Waals surface area (Å²) in [4.78, 5) is 28.0. The van der Waals surface area contributed by atoms with Gasteiger partial charge in [-0.1, -0.05) is 55.8 Å². The molecule has 32 heavy (non-hydrogen) atoms. The number of rotatable bonds is 12. The maximum absolute atomic E-state index is 13.3. The van der Waals surface area contributed by atoms with Gasteiger partial charge in [-0.25, -0.2) is 0 Å². The molecule has 2 amide bonds. The summed E-state index contributed by atoms with van der Waals surface area (Å²) in [5.41, 5.74) is 3.31. The van der Waals surface area contributed by atoms with E-state index >= 15 is 0 Å². The topological polar surface area (TPSA) is 58.6 Å². The third kappa shape index (κ3) is 7.90. The average Bonchev–Trinajstić information content (AvgIpc) is 2.79. The Morgan fingerprint density at radius 1 is 1.06 bits per heavy atom. The quantitative estimate of drug-likeness (QED) is 0.490. The minimum absolute atomic E-state index is 0.0174. The molecule has 1 N–H and O–H groups in total. The second-order valence-electron chi connectivity index (χ2n) is 8.09. The number of benzene rings is 2. The van der Waals surface area contributed by atoms with Gasteiger partial charge in [-0.15, -0.1) is 11.8 Å². The van der Waals surface area contributed by atoms with Crippen LogP contribution in [0.3, 0.4) is 0 Å². The molecule has 6 heteroatoms. The predicted molar refractivity (Wildman–Crippen MR) is 133 cm³/mol. The zero-order valence-electron chi connectivity index (χ0n) is 19.9. The van der Waals surface area contributed by atoms with Crippen molar-refractivity contribution in [3.05, 3.63) is 65.2 Å². The van der Waals surface area contributed by atoms with Crippen molar-refractivity contribution in [1.82, 2.24) is 10.2 Å². The van der Waals surface area contributed by atoms with Gasteiger partial charge in [0.25, 0.3) is 0 Å². The molecule has 0 heterocycles.